The molecule has 0 bridgehead atoms. The fourth-order valence-corrected chi connectivity index (χ4v) is 4.02. The van der Waals surface area contributed by atoms with E-state index in [-0.39, 0.29) is 18.4 Å². The molecule has 0 aromatic heterocycles. The summed E-state index contributed by atoms with van der Waals surface area (Å²) in [4.78, 5) is 36.0. The number of hydrogen-bond donors (Lipinski definition) is 3. The number of aliphatic carboxylic acids is 1. The molecule has 1 aliphatic carbocycles. The Morgan fingerprint density at radius 2 is 1.51 bits per heavy atom. The number of halogens is 3. The molecule has 0 saturated heterocycles. The molecule has 0 heterocycles. The SMILES string of the molecule is CC(C)[C@@H](CC(=O)NC(C)(C(=O)O)C(F)(F)F)NC(=O)OCC1c2ccccc2-c2ccccc21. The molecule has 2 aromatic carbocycles. The molecule has 1 aliphatic rings. The molecular formula is C25H27F3N2O5. The van der Waals surface area contributed by atoms with Crippen molar-refractivity contribution in [3.8, 4) is 11.1 Å². The van der Waals surface area contributed by atoms with Crippen LogP contribution in [-0.2, 0) is 14.3 Å². The molecule has 35 heavy (non-hydrogen) atoms. The van der Waals surface area contributed by atoms with Crippen molar-refractivity contribution < 1.29 is 37.4 Å². The van der Waals surface area contributed by atoms with E-state index in [0.717, 1.165) is 22.3 Å². The molecule has 0 fully saturated rings. The van der Waals surface area contributed by atoms with E-state index in [4.69, 9.17) is 9.84 Å². The zero-order chi connectivity index (χ0) is 26.0. The Labute approximate surface area is 200 Å². The summed E-state index contributed by atoms with van der Waals surface area (Å²) < 4.78 is 45.0. The number of carbonyl (C=O) groups excluding carboxylic acids is 2. The lowest BCUT2D eigenvalue weighted by atomic mass is 9.98. The summed E-state index contributed by atoms with van der Waals surface area (Å²) >= 11 is 0. The molecule has 0 radical (unpaired) electrons. The van der Waals surface area contributed by atoms with Crippen LogP contribution < -0.4 is 10.6 Å². The second-order valence-electron chi connectivity index (χ2n) is 9.00. The number of amides is 2. The molecule has 1 unspecified atom stereocenters. The van der Waals surface area contributed by atoms with Crippen molar-refractivity contribution in [2.45, 2.75) is 50.9 Å². The van der Waals surface area contributed by atoms with Gasteiger partial charge >= 0.3 is 18.2 Å². The summed E-state index contributed by atoms with van der Waals surface area (Å²) in [7, 11) is 0. The smallest absolute Gasteiger partial charge is 0.422 e. The zero-order valence-corrected chi connectivity index (χ0v) is 19.5. The van der Waals surface area contributed by atoms with Crippen LogP contribution in [0, 0.1) is 5.92 Å². The van der Waals surface area contributed by atoms with E-state index in [0.29, 0.717) is 6.92 Å². The van der Waals surface area contributed by atoms with Gasteiger partial charge in [0.25, 0.3) is 0 Å². The monoisotopic (exact) mass is 492 g/mol. The maximum Gasteiger partial charge on any atom is 0.422 e. The number of alkyl carbamates (subject to hydrolysis) is 1. The highest BCUT2D eigenvalue weighted by molar-refractivity contribution is 5.88. The maximum absolute atomic E-state index is 13.2. The Balaban J connectivity index is 1.64. The Bertz CT molecular complexity index is 1070. The number of carbonyl (C=O) groups is 3. The van der Waals surface area contributed by atoms with E-state index in [1.54, 1.807) is 13.8 Å². The fourth-order valence-electron chi connectivity index (χ4n) is 4.02. The van der Waals surface area contributed by atoms with Gasteiger partial charge in [-0.25, -0.2) is 9.59 Å². The molecule has 2 atom stereocenters. The van der Waals surface area contributed by atoms with E-state index in [1.807, 2.05) is 48.5 Å². The van der Waals surface area contributed by atoms with Gasteiger partial charge in [-0.1, -0.05) is 62.4 Å². The van der Waals surface area contributed by atoms with Crippen LogP contribution in [-0.4, -0.2) is 47.4 Å². The minimum absolute atomic E-state index is 0.0298. The van der Waals surface area contributed by atoms with Gasteiger partial charge < -0.3 is 20.5 Å². The number of carboxylic acids is 1. The molecule has 3 N–H and O–H groups in total. The first-order chi connectivity index (χ1) is 16.3. The topological polar surface area (TPSA) is 105 Å². The molecule has 3 rings (SSSR count). The third kappa shape index (κ3) is 5.41. The van der Waals surface area contributed by atoms with Crippen molar-refractivity contribution in [3.05, 3.63) is 59.7 Å². The molecule has 0 spiro atoms. The van der Waals surface area contributed by atoms with E-state index in [1.165, 1.54) is 5.32 Å². The predicted molar refractivity (Wildman–Crippen MR) is 122 cm³/mol. The van der Waals surface area contributed by atoms with Crippen LogP contribution in [0.15, 0.2) is 48.5 Å². The highest BCUT2D eigenvalue weighted by Gasteiger charge is 2.58. The van der Waals surface area contributed by atoms with Gasteiger partial charge in [-0.05, 0) is 35.1 Å². The predicted octanol–water partition coefficient (Wildman–Crippen LogP) is 4.46. The first-order valence-electron chi connectivity index (χ1n) is 11.1. The Kier molecular flexibility index (Phi) is 7.42. The van der Waals surface area contributed by atoms with E-state index in [2.05, 4.69) is 5.32 Å². The van der Waals surface area contributed by atoms with Gasteiger partial charge in [0.15, 0.2) is 0 Å². The number of alkyl halides is 3. The van der Waals surface area contributed by atoms with Crippen LogP contribution in [0.2, 0.25) is 0 Å². The van der Waals surface area contributed by atoms with Crippen molar-refractivity contribution >= 4 is 18.0 Å². The van der Waals surface area contributed by atoms with Crippen LogP contribution in [0.1, 0.15) is 44.2 Å². The van der Waals surface area contributed by atoms with Crippen molar-refractivity contribution in [3.63, 3.8) is 0 Å². The molecule has 0 aliphatic heterocycles. The van der Waals surface area contributed by atoms with Gasteiger partial charge in [0.1, 0.15) is 6.61 Å². The van der Waals surface area contributed by atoms with Gasteiger partial charge in [0, 0.05) is 18.4 Å². The minimum Gasteiger partial charge on any atom is -0.479 e. The molecule has 188 valence electrons. The number of fused-ring (bicyclic) bond motifs is 3. The summed E-state index contributed by atoms with van der Waals surface area (Å²) in [5.41, 5.74) is 0.692. The maximum atomic E-state index is 13.2. The van der Waals surface area contributed by atoms with Gasteiger partial charge in [-0.2, -0.15) is 13.2 Å². The molecule has 2 aromatic rings. The lowest BCUT2D eigenvalue weighted by Gasteiger charge is -2.30. The van der Waals surface area contributed by atoms with Crippen molar-refractivity contribution in [1.82, 2.24) is 10.6 Å². The number of benzene rings is 2. The minimum atomic E-state index is -5.21. The number of ether oxygens (including phenoxy) is 1. The second kappa shape index (κ2) is 9.97. The van der Waals surface area contributed by atoms with Gasteiger partial charge in [0.05, 0.1) is 0 Å². The molecular weight excluding hydrogens is 465 g/mol. The van der Waals surface area contributed by atoms with E-state index < -0.39 is 42.1 Å². The van der Waals surface area contributed by atoms with Crippen LogP contribution in [0.4, 0.5) is 18.0 Å². The molecule has 10 heteroatoms. The first-order valence-corrected chi connectivity index (χ1v) is 11.1. The van der Waals surface area contributed by atoms with E-state index >= 15 is 0 Å². The van der Waals surface area contributed by atoms with Crippen LogP contribution >= 0.6 is 0 Å². The van der Waals surface area contributed by atoms with Crippen LogP contribution in [0.25, 0.3) is 11.1 Å². The highest BCUT2D eigenvalue weighted by Crippen LogP contribution is 2.44. The summed E-state index contributed by atoms with van der Waals surface area (Å²) in [6.45, 7) is 3.74. The lowest BCUT2D eigenvalue weighted by Crippen LogP contribution is -2.62. The lowest BCUT2D eigenvalue weighted by molar-refractivity contribution is -0.207. The molecule has 7 nitrogen and oxygen atoms in total. The number of rotatable bonds is 8. The normalized spacial score (nSPS) is 15.5. The van der Waals surface area contributed by atoms with Crippen LogP contribution in [0.3, 0.4) is 0 Å². The standard InChI is InChI=1S/C25H27F3N2O5/c1-14(2)20(12-21(31)30-24(3,22(32)33)25(26,27)28)29-23(34)35-13-19-17-10-6-4-8-15(17)16-9-5-7-11-18(16)19/h4-11,14,19-20H,12-13H2,1-3H3,(H,29,34)(H,30,31)(H,32,33)/t20-,24?/m1/s1. The third-order valence-corrected chi connectivity index (χ3v) is 6.24. The third-order valence-electron chi connectivity index (χ3n) is 6.24. The average Bonchev–Trinajstić information content (AvgIpc) is 3.10. The quantitative estimate of drug-likeness (QED) is 0.505. The summed E-state index contributed by atoms with van der Waals surface area (Å²) in [6.07, 6.45) is -6.58. The second-order valence-corrected chi connectivity index (χ2v) is 9.00. The largest absolute Gasteiger partial charge is 0.479 e. The van der Waals surface area contributed by atoms with Gasteiger partial charge in [-0.3, -0.25) is 4.79 Å². The average molecular weight is 492 g/mol. The van der Waals surface area contributed by atoms with Crippen molar-refractivity contribution in [2.75, 3.05) is 6.61 Å². The zero-order valence-electron chi connectivity index (χ0n) is 19.5. The fraction of sp³-hybridized carbons (Fsp3) is 0.400. The van der Waals surface area contributed by atoms with Crippen molar-refractivity contribution in [1.29, 1.82) is 0 Å². The summed E-state index contributed by atoms with van der Waals surface area (Å²) in [5.74, 6) is -3.92. The van der Waals surface area contributed by atoms with Gasteiger partial charge in [-0.15, -0.1) is 0 Å². The summed E-state index contributed by atoms with van der Waals surface area (Å²) in [6, 6.07) is 14.7. The number of carboxylic acid groups (broad SMARTS) is 1. The number of hydrogen-bond acceptors (Lipinski definition) is 4. The highest BCUT2D eigenvalue weighted by atomic mass is 19.4. The Morgan fingerprint density at radius 3 is 1.97 bits per heavy atom. The van der Waals surface area contributed by atoms with Gasteiger partial charge in [0.2, 0.25) is 11.4 Å². The van der Waals surface area contributed by atoms with E-state index in [9.17, 15) is 27.6 Å². The van der Waals surface area contributed by atoms with Crippen molar-refractivity contribution in [2.24, 2.45) is 5.92 Å². The molecule has 0 saturated carbocycles. The van der Waals surface area contributed by atoms with Crippen LogP contribution in [0.5, 0.6) is 0 Å². The Morgan fingerprint density at radius 1 is 1.00 bits per heavy atom. The summed E-state index contributed by atoms with van der Waals surface area (Å²) in [5, 5.41) is 13.1. The molecule has 2 amide bonds. The Hall–Kier alpha value is -3.56. The number of nitrogens with one attached hydrogen (secondary N) is 2. The first kappa shape index (κ1) is 26.1.